The lowest BCUT2D eigenvalue weighted by Gasteiger charge is -2.59. The molecule has 0 bridgehead atoms. The Balaban J connectivity index is 0.836. The molecule has 276 valence electrons. The Labute approximate surface area is 303 Å². The van der Waals surface area contributed by atoms with Gasteiger partial charge < -0.3 is 10.6 Å². The number of rotatable bonds is 4. The minimum absolute atomic E-state index is 0.847. The molecule has 0 spiro atoms. The van der Waals surface area contributed by atoms with Crippen molar-refractivity contribution in [3.8, 4) is 0 Å². The monoisotopic (exact) mass is 671 g/mol. The zero-order valence-corrected chi connectivity index (χ0v) is 32.1. The molecule has 49 heavy (non-hydrogen) atoms. The fourth-order valence-corrected chi connectivity index (χ4v) is 17.9. The van der Waals surface area contributed by atoms with Gasteiger partial charge in [-0.05, 0) is 204 Å². The summed E-state index contributed by atoms with van der Waals surface area (Å²) in [5, 5.41) is 8.78. The van der Waals surface area contributed by atoms with E-state index in [2.05, 4.69) is 17.6 Å². The van der Waals surface area contributed by atoms with Crippen LogP contribution in [0.3, 0.4) is 0 Å². The van der Waals surface area contributed by atoms with Gasteiger partial charge >= 0.3 is 0 Å². The average molecular weight is 671 g/mol. The lowest BCUT2D eigenvalue weighted by molar-refractivity contribution is -0.0752. The first kappa shape index (κ1) is 33.5. The van der Waals surface area contributed by atoms with Crippen LogP contribution < -0.4 is 10.6 Å². The summed E-state index contributed by atoms with van der Waals surface area (Å²) >= 11 is 0. The lowest BCUT2D eigenvalue weighted by Crippen LogP contribution is -2.63. The van der Waals surface area contributed by atoms with Gasteiger partial charge in [-0.1, -0.05) is 64.7 Å². The van der Waals surface area contributed by atoms with Crippen LogP contribution in [0.1, 0.15) is 180 Å². The normalized spacial score (nSPS) is 55.0. The van der Waals surface area contributed by atoms with Crippen LogP contribution in [0.25, 0.3) is 0 Å². The molecule has 0 amide bonds. The van der Waals surface area contributed by atoms with Gasteiger partial charge in [-0.2, -0.15) is 0 Å². The minimum Gasteiger partial charge on any atom is -0.310 e. The van der Waals surface area contributed by atoms with Gasteiger partial charge in [-0.25, -0.2) is 0 Å². The maximum atomic E-state index is 4.54. The molecule has 8 saturated carbocycles. The summed E-state index contributed by atoms with van der Waals surface area (Å²) in [6, 6.07) is 3.47. The molecule has 10 rings (SSSR count). The predicted molar refractivity (Wildman–Crippen MR) is 204 cm³/mol. The highest BCUT2D eigenvalue weighted by molar-refractivity contribution is 5.12. The van der Waals surface area contributed by atoms with Crippen molar-refractivity contribution in [3.05, 3.63) is 0 Å². The van der Waals surface area contributed by atoms with Crippen molar-refractivity contribution in [1.82, 2.24) is 10.6 Å². The SMILES string of the molecule is CC1C2CCCCC2NC1C1CCC(C2CCC([C@@H]3C4CCCCC4C4CCC5C(C6CCCCC6)NC6CCCCC6C5C43)CC2)CC1. The van der Waals surface area contributed by atoms with Crippen LogP contribution >= 0.6 is 0 Å². The fourth-order valence-electron chi connectivity index (χ4n) is 17.9. The summed E-state index contributed by atoms with van der Waals surface area (Å²) in [5.41, 5.74) is 0. The van der Waals surface area contributed by atoms with Gasteiger partial charge in [-0.3, -0.25) is 0 Å². The largest absolute Gasteiger partial charge is 0.310 e. The highest BCUT2D eigenvalue weighted by Crippen LogP contribution is 2.67. The molecule has 14 atom stereocenters. The zero-order chi connectivity index (χ0) is 32.5. The maximum absolute atomic E-state index is 4.54. The second-order valence-electron chi connectivity index (χ2n) is 21.4. The van der Waals surface area contributed by atoms with Crippen molar-refractivity contribution in [3.63, 3.8) is 0 Å². The summed E-state index contributed by atoms with van der Waals surface area (Å²) in [6.45, 7) is 2.63. The summed E-state index contributed by atoms with van der Waals surface area (Å²) in [7, 11) is 0. The van der Waals surface area contributed by atoms with Crippen molar-refractivity contribution >= 4 is 0 Å². The highest BCUT2D eigenvalue weighted by atomic mass is 15.0. The molecule has 2 heterocycles. The Morgan fingerprint density at radius 2 is 0.755 bits per heavy atom. The summed E-state index contributed by atoms with van der Waals surface area (Å²) in [6.07, 6.45) is 42.1. The Hall–Kier alpha value is -0.0800. The van der Waals surface area contributed by atoms with Gasteiger partial charge in [0.15, 0.2) is 0 Å². The van der Waals surface area contributed by atoms with E-state index in [1.165, 1.54) is 57.8 Å². The number of piperidine rings is 1. The molecule has 2 nitrogen and oxygen atoms in total. The maximum Gasteiger partial charge on any atom is 0.0129 e. The van der Waals surface area contributed by atoms with Gasteiger partial charge in [0.1, 0.15) is 0 Å². The van der Waals surface area contributed by atoms with Crippen LogP contribution in [0.2, 0.25) is 0 Å². The first-order valence-corrected chi connectivity index (χ1v) is 23.7. The van der Waals surface area contributed by atoms with E-state index in [9.17, 15) is 0 Å². The van der Waals surface area contributed by atoms with Gasteiger partial charge in [-0.15, -0.1) is 0 Å². The molecule has 0 aromatic carbocycles. The number of hydrogen-bond acceptors (Lipinski definition) is 2. The third-order valence-electron chi connectivity index (χ3n) is 19.8. The van der Waals surface area contributed by atoms with E-state index in [4.69, 9.17) is 0 Å². The molecule has 2 saturated heterocycles. The molecule has 10 fully saturated rings. The van der Waals surface area contributed by atoms with Gasteiger partial charge in [0.25, 0.3) is 0 Å². The van der Waals surface area contributed by atoms with Crippen molar-refractivity contribution in [2.24, 2.45) is 88.8 Å². The fraction of sp³-hybridized carbons (Fsp3) is 1.00. The Morgan fingerprint density at radius 1 is 0.286 bits per heavy atom. The predicted octanol–water partition coefficient (Wildman–Crippen LogP) is 11.6. The van der Waals surface area contributed by atoms with Crippen LogP contribution in [0.5, 0.6) is 0 Å². The number of fused-ring (bicyclic) bond motifs is 8. The Morgan fingerprint density at radius 3 is 1.45 bits per heavy atom. The molecule has 8 aliphatic carbocycles. The molecule has 0 aromatic heterocycles. The molecule has 2 heteroatoms. The average Bonchev–Trinajstić information content (AvgIpc) is 3.69. The molecule has 2 aliphatic heterocycles. The van der Waals surface area contributed by atoms with Gasteiger partial charge in [0, 0.05) is 24.2 Å². The quantitative estimate of drug-likeness (QED) is 0.311. The van der Waals surface area contributed by atoms with Gasteiger partial charge in [0.2, 0.25) is 0 Å². The van der Waals surface area contributed by atoms with Gasteiger partial charge in [0.05, 0.1) is 0 Å². The van der Waals surface area contributed by atoms with Crippen molar-refractivity contribution in [2.45, 2.75) is 204 Å². The lowest BCUT2D eigenvalue weighted by atomic mass is 9.51. The van der Waals surface area contributed by atoms with E-state index < -0.39 is 0 Å². The van der Waals surface area contributed by atoms with Crippen LogP contribution in [-0.4, -0.2) is 24.2 Å². The van der Waals surface area contributed by atoms with E-state index in [1.54, 1.807) is 116 Å². The van der Waals surface area contributed by atoms with Crippen LogP contribution in [0, 0.1) is 88.8 Å². The molecule has 10 aliphatic rings. The molecule has 2 N–H and O–H groups in total. The highest BCUT2D eigenvalue weighted by Gasteiger charge is 2.62. The number of nitrogens with one attached hydrogen (secondary N) is 2. The third-order valence-corrected chi connectivity index (χ3v) is 19.8. The Kier molecular flexibility index (Phi) is 9.77. The van der Waals surface area contributed by atoms with E-state index in [1.807, 2.05) is 0 Å². The minimum atomic E-state index is 0.847. The second-order valence-corrected chi connectivity index (χ2v) is 21.4. The summed E-state index contributed by atoms with van der Waals surface area (Å²) < 4.78 is 0. The molecule has 0 aromatic rings. The second kappa shape index (κ2) is 14.3. The van der Waals surface area contributed by atoms with Crippen LogP contribution in [0.4, 0.5) is 0 Å². The zero-order valence-electron chi connectivity index (χ0n) is 32.1. The van der Waals surface area contributed by atoms with E-state index in [-0.39, 0.29) is 0 Å². The molecule has 13 unspecified atom stereocenters. The topological polar surface area (TPSA) is 24.1 Å². The number of hydrogen-bond donors (Lipinski definition) is 2. The van der Waals surface area contributed by atoms with Crippen LogP contribution in [0.15, 0.2) is 0 Å². The first-order chi connectivity index (χ1) is 24.2. The molecular formula is C47H78N2. The van der Waals surface area contributed by atoms with Crippen molar-refractivity contribution in [2.75, 3.05) is 0 Å². The molecular weight excluding hydrogens is 593 g/mol. The summed E-state index contributed by atoms with van der Waals surface area (Å²) in [5.74, 6) is 15.9. The van der Waals surface area contributed by atoms with E-state index in [0.717, 1.165) is 113 Å². The van der Waals surface area contributed by atoms with Crippen molar-refractivity contribution < 1.29 is 0 Å². The summed E-state index contributed by atoms with van der Waals surface area (Å²) in [4.78, 5) is 0. The van der Waals surface area contributed by atoms with Crippen LogP contribution in [-0.2, 0) is 0 Å². The standard InChI is InChI=1S/C47H78N2/c1-29-35-13-7-9-17-41(35)48-46(29)34-25-21-31(22-26-34)30-19-23-32(24-20-30)43-37-15-6-5-14-36(37)38-27-28-40-44(45(38)43)39-16-8-10-18-42(39)49-47(40)33-11-3-2-4-12-33/h29-49H,2-28H2,1H3/t29?,30?,31?,32?,34?,35?,36?,37?,38?,39?,40?,41?,42?,43-,44?,45?,46?,47?/m1/s1. The Bertz CT molecular complexity index is 1100. The third kappa shape index (κ3) is 5.99. The smallest absolute Gasteiger partial charge is 0.0129 e. The first-order valence-electron chi connectivity index (χ1n) is 23.7. The molecule has 0 radical (unpaired) electrons. The van der Waals surface area contributed by atoms with E-state index in [0.29, 0.717) is 0 Å². The van der Waals surface area contributed by atoms with E-state index >= 15 is 0 Å². The van der Waals surface area contributed by atoms with Crippen molar-refractivity contribution in [1.29, 1.82) is 0 Å².